The lowest BCUT2D eigenvalue weighted by molar-refractivity contribution is -0.119. The third-order valence-electron chi connectivity index (χ3n) is 5.80. The van der Waals surface area contributed by atoms with Crippen LogP contribution in [0.25, 0.3) is 0 Å². The Labute approximate surface area is 212 Å². The van der Waals surface area contributed by atoms with Crippen LogP contribution in [-0.4, -0.2) is 42.2 Å². The number of anilines is 1. The van der Waals surface area contributed by atoms with E-state index in [1.807, 2.05) is 26.0 Å². The summed E-state index contributed by atoms with van der Waals surface area (Å²) in [6.07, 6.45) is 0.612. The van der Waals surface area contributed by atoms with Crippen LogP contribution >= 0.6 is 0 Å². The molecule has 0 unspecified atom stereocenters. The van der Waals surface area contributed by atoms with Gasteiger partial charge in [0.05, 0.1) is 31.9 Å². The molecule has 0 fully saturated rings. The van der Waals surface area contributed by atoms with E-state index in [2.05, 4.69) is 5.32 Å². The average molecular weight is 513 g/mol. The van der Waals surface area contributed by atoms with Crippen LogP contribution in [0.3, 0.4) is 0 Å². The second-order valence-corrected chi connectivity index (χ2v) is 9.94. The van der Waals surface area contributed by atoms with Gasteiger partial charge in [-0.15, -0.1) is 0 Å². The fourth-order valence-electron chi connectivity index (χ4n) is 3.87. The number of benzene rings is 3. The quantitative estimate of drug-likeness (QED) is 0.416. The highest BCUT2D eigenvalue weighted by Gasteiger charge is 2.28. The van der Waals surface area contributed by atoms with Crippen molar-refractivity contribution in [2.24, 2.45) is 0 Å². The summed E-state index contributed by atoms with van der Waals surface area (Å²) in [7, 11) is 0.523. The van der Waals surface area contributed by atoms with Crippen LogP contribution in [0.4, 0.5) is 5.69 Å². The topological polar surface area (TPSA) is 94.2 Å². The molecule has 0 aliphatic heterocycles. The van der Waals surface area contributed by atoms with Crippen molar-refractivity contribution < 1.29 is 27.4 Å². The Morgan fingerprint density at radius 3 is 2.14 bits per heavy atom. The molecule has 36 heavy (non-hydrogen) atoms. The number of aryl methyl sites for hydroxylation is 2. The van der Waals surface area contributed by atoms with E-state index in [1.165, 1.54) is 21.3 Å². The van der Waals surface area contributed by atoms with Crippen molar-refractivity contribution in [1.82, 2.24) is 5.32 Å². The fourth-order valence-corrected chi connectivity index (χ4v) is 5.33. The van der Waals surface area contributed by atoms with Crippen LogP contribution < -0.4 is 23.8 Å². The number of amides is 1. The molecular formula is C27H32N2O6S. The summed E-state index contributed by atoms with van der Waals surface area (Å²) in [5.74, 6) is 0.870. The smallest absolute Gasteiger partial charge is 0.264 e. The molecule has 1 amide bonds. The van der Waals surface area contributed by atoms with E-state index in [0.717, 1.165) is 15.4 Å². The maximum atomic E-state index is 13.7. The van der Waals surface area contributed by atoms with Crippen molar-refractivity contribution in [3.05, 3.63) is 77.4 Å². The van der Waals surface area contributed by atoms with E-state index in [4.69, 9.17) is 14.2 Å². The molecule has 0 spiro atoms. The Kier molecular flexibility index (Phi) is 8.82. The molecule has 9 heteroatoms. The molecule has 192 valence electrons. The van der Waals surface area contributed by atoms with Crippen LogP contribution in [0.2, 0.25) is 0 Å². The van der Waals surface area contributed by atoms with Crippen molar-refractivity contribution in [2.75, 3.05) is 32.2 Å². The van der Waals surface area contributed by atoms with Gasteiger partial charge in [-0.2, -0.15) is 0 Å². The number of methoxy groups -OCH3 is 3. The van der Waals surface area contributed by atoms with Gasteiger partial charge in [-0.25, -0.2) is 8.42 Å². The van der Waals surface area contributed by atoms with Crippen LogP contribution in [0.15, 0.2) is 65.6 Å². The molecule has 0 heterocycles. The second kappa shape index (κ2) is 11.8. The Hall–Kier alpha value is -3.72. The van der Waals surface area contributed by atoms with E-state index < -0.39 is 15.9 Å². The normalized spacial score (nSPS) is 11.0. The summed E-state index contributed by atoms with van der Waals surface area (Å²) in [6, 6.07) is 17.2. The zero-order valence-electron chi connectivity index (χ0n) is 21.2. The van der Waals surface area contributed by atoms with Gasteiger partial charge in [-0.3, -0.25) is 9.10 Å². The lowest BCUT2D eigenvalue weighted by atomic mass is 10.1. The first-order valence-electron chi connectivity index (χ1n) is 11.5. The molecule has 0 saturated carbocycles. The lowest BCUT2D eigenvalue weighted by Crippen LogP contribution is -2.41. The zero-order chi connectivity index (χ0) is 26.3. The van der Waals surface area contributed by atoms with Gasteiger partial charge in [-0.05, 0) is 49.2 Å². The lowest BCUT2D eigenvalue weighted by Gasteiger charge is -2.26. The van der Waals surface area contributed by atoms with Gasteiger partial charge in [0.15, 0.2) is 11.5 Å². The summed E-state index contributed by atoms with van der Waals surface area (Å²) >= 11 is 0. The van der Waals surface area contributed by atoms with Crippen molar-refractivity contribution in [3.63, 3.8) is 0 Å². The van der Waals surface area contributed by atoms with E-state index in [9.17, 15) is 13.2 Å². The van der Waals surface area contributed by atoms with E-state index in [0.29, 0.717) is 34.9 Å². The molecule has 3 rings (SSSR count). The summed E-state index contributed by atoms with van der Waals surface area (Å²) in [5.41, 5.74) is 2.89. The summed E-state index contributed by atoms with van der Waals surface area (Å²) in [4.78, 5) is 13.2. The SMILES string of the molecule is CCc1ccccc1N(CC(=O)NCc1ccc(OC)c(OC)c1OC)S(=O)(=O)c1ccc(C)cc1. The predicted molar refractivity (Wildman–Crippen MR) is 139 cm³/mol. The van der Waals surface area contributed by atoms with Gasteiger partial charge in [0.25, 0.3) is 10.0 Å². The Morgan fingerprint density at radius 2 is 1.53 bits per heavy atom. The van der Waals surface area contributed by atoms with Gasteiger partial charge in [0.2, 0.25) is 11.7 Å². The van der Waals surface area contributed by atoms with Gasteiger partial charge in [0, 0.05) is 12.1 Å². The maximum absolute atomic E-state index is 13.7. The van der Waals surface area contributed by atoms with E-state index in [1.54, 1.807) is 48.5 Å². The number of hydrogen-bond donors (Lipinski definition) is 1. The maximum Gasteiger partial charge on any atom is 0.264 e. The number of nitrogens with one attached hydrogen (secondary N) is 1. The van der Waals surface area contributed by atoms with Crippen molar-refractivity contribution in [2.45, 2.75) is 31.7 Å². The molecule has 0 atom stereocenters. The molecule has 0 bridgehead atoms. The van der Waals surface area contributed by atoms with Gasteiger partial charge in [-0.1, -0.05) is 42.8 Å². The standard InChI is InChI=1S/C27H32N2O6S/c1-6-20-9-7-8-10-23(20)29(36(31,32)22-14-11-19(2)12-15-22)18-25(30)28-17-21-13-16-24(33-3)27(35-5)26(21)34-4/h7-16H,6,17-18H2,1-5H3,(H,28,30). The van der Waals surface area contributed by atoms with Gasteiger partial charge < -0.3 is 19.5 Å². The molecule has 3 aromatic carbocycles. The largest absolute Gasteiger partial charge is 0.493 e. The zero-order valence-corrected chi connectivity index (χ0v) is 22.0. The minimum atomic E-state index is -4.00. The van der Waals surface area contributed by atoms with Crippen molar-refractivity contribution in [1.29, 1.82) is 0 Å². The number of hydrogen-bond acceptors (Lipinski definition) is 6. The minimum Gasteiger partial charge on any atom is -0.493 e. The third kappa shape index (κ3) is 5.73. The first-order valence-corrected chi connectivity index (χ1v) is 12.9. The first-order chi connectivity index (χ1) is 17.3. The Bertz CT molecular complexity index is 1310. The summed E-state index contributed by atoms with van der Waals surface area (Å²) in [5, 5.41) is 2.81. The molecular weight excluding hydrogens is 480 g/mol. The van der Waals surface area contributed by atoms with Crippen molar-refractivity contribution in [3.8, 4) is 17.2 Å². The highest BCUT2D eigenvalue weighted by atomic mass is 32.2. The summed E-state index contributed by atoms with van der Waals surface area (Å²) < 4.78 is 44.7. The summed E-state index contributed by atoms with van der Waals surface area (Å²) in [6.45, 7) is 3.55. The van der Waals surface area contributed by atoms with Crippen LogP contribution in [0, 0.1) is 6.92 Å². The van der Waals surface area contributed by atoms with Crippen molar-refractivity contribution >= 4 is 21.6 Å². The van der Waals surface area contributed by atoms with E-state index >= 15 is 0 Å². The molecule has 0 aromatic heterocycles. The van der Waals surface area contributed by atoms with Crippen LogP contribution in [-0.2, 0) is 27.8 Å². The number of sulfonamides is 1. The molecule has 0 radical (unpaired) electrons. The Balaban J connectivity index is 1.91. The number of ether oxygens (including phenoxy) is 3. The third-order valence-corrected chi connectivity index (χ3v) is 7.57. The number of para-hydroxylation sites is 1. The monoisotopic (exact) mass is 512 g/mol. The predicted octanol–water partition coefficient (Wildman–Crippen LogP) is 4.09. The Morgan fingerprint density at radius 1 is 0.861 bits per heavy atom. The van der Waals surface area contributed by atoms with Gasteiger partial charge >= 0.3 is 0 Å². The molecule has 0 aliphatic carbocycles. The molecule has 1 N–H and O–H groups in total. The number of nitrogens with zero attached hydrogens (tertiary/aromatic N) is 1. The number of carbonyl (C=O) groups is 1. The molecule has 3 aromatic rings. The second-order valence-electron chi connectivity index (χ2n) is 8.08. The minimum absolute atomic E-state index is 0.107. The fraction of sp³-hybridized carbons (Fsp3) is 0.296. The van der Waals surface area contributed by atoms with E-state index in [-0.39, 0.29) is 18.0 Å². The number of rotatable bonds is 11. The molecule has 8 nitrogen and oxygen atoms in total. The van der Waals surface area contributed by atoms with Gasteiger partial charge in [0.1, 0.15) is 6.54 Å². The highest BCUT2D eigenvalue weighted by Crippen LogP contribution is 2.39. The van der Waals surface area contributed by atoms with Crippen LogP contribution in [0.5, 0.6) is 17.2 Å². The first kappa shape index (κ1) is 26.9. The molecule has 0 aliphatic rings. The van der Waals surface area contributed by atoms with Crippen LogP contribution in [0.1, 0.15) is 23.6 Å². The molecule has 0 saturated heterocycles. The average Bonchev–Trinajstić information content (AvgIpc) is 2.89. The number of carbonyl (C=O) groups excluding carboxylic acids is 1. The highest BCUT2D eigenvalue weighted by molar-refractivity contribution is 7.92.